The molecule has 1 aliphatic rings. The van der Waals surface area contributed by atoms with E-state index in [1.165, 1.54) is 13.2 Å². The molecule has 5 heteroatoms. The van der Waals surface area contributed by atoms with Crippen LogP contribution in [0.15, 0.2) is 12.1 Å². The quantitative estimate of drug-likeness (QED) is 0.862. The largest absolute Gasteiger partial charge is 0.494 e. The van der Waals surface area contributed by atoms with Gasteiger partial charge in [0.1, 0.15) is 5.82 Å². The van der Waals surface area contributed by atoms with Crippen LogP contribution in [0.2, 0.25) is 0 Å². The van der Waals surface area contributed by atoms with Crippen LogP contribution < -0.4 is 10.1 Å². The lowest BCUT2D eigenvalue weighted by molar-refractivity contribution is 0.181. The number of methoxy groups -OCH3 is 1. The van der Waals surface area contributed by atoms with Crippen molar-refractivity contribution in [1.82, 2.24) is 10.2 Å². The van der Waals surface area contributed by atoms with Gasteiger partial charge in [-0.25, -0.2) is 8.78 Å². The maximum absolute atomic E-state index is 13.7. The van der Waals surface area contributed by atoms with E-state index in [0.29, 0.717) is 18.0 Å². The highest BCUT2D eigenvalue weighted by molar-refractivity contribution is 5.31. The molecule has 2 rings (SSSR count). The molecule has 0 bridgehead atoms. The summed E-state index contributed by atoms with van der Waals surface area (Å²) in [7, 11) is 3.33. The summed E-state index contributed by atoms with van der Waals surface area (Å²) in [6, 6.07) is 2.84. The number of likely N-dealkylation sites (N-methyl/N-ethyl adjacent to an activating group) is 1. The lowest BCUT2D eigenvalue weighted by Crippen LogP contribution is -2.56. The van der Waals surface area contributed by atoms with Crippen LogP contribution in [0.3, 0.4) is 0 Å². The van der Waals surface area contributed by atoms with Gasteiger partial charge in [0.15, 0.2) is 11.6 Å². The van der Waals surface area contributed by atoms with Gasteiger partial charge < -0.3 is 15.0 Å². The molecule has 1 heterocycles. The Morgan fingerprint density at radius 1 is 1.33 bits per heavy atom. The topological polar surface area (TPSA) is 24.5 Å². The minimum atomic E-state index is -0.512. The molecule has 0 radical (unpaired) electrons. The van der Waals surface area contributed by atoms with Crippen molar-refractivity contribution >= 4 is 0 Å². The van der Waals surface area contributed by atoms with Crippen molar-refractivity contribution in [1.29, 1.82) is 0 Å². The van der Waals surface area contributed by atoms with Gasteiger partial charge in [0.2, 0.25) is 0 Å². The zero-order chi connectivity index (χ0) is 13.1. The number of rotatable bonds is 5. The Kier molecular flexibility index (Phi) is 4.14. The highest BCUT2D eigenvalue weighted by Crippen LogP contribution is 2.21. The molecule has 1 fully saturated rings. The lowest BCUT2D eigenvalue weighted by Gasteiger charge is -2.35. The van der Waals surface area contributed by atoms with Crippen molar-refractivity contribution in [2.45, 2.75) is 12.5 Å². The molecule has 0 unspecified atom stereocenters. The zero-order valence-electron chi connectivity index (χ0n) is 10.7. The smallest absolute Gasteiger partial charge is 0.165 e. The van der Waals surface area contributed by atoms with Crippen molar-refractivity contribution < 1.29 is 13.5 Å². The maximum Gasteiger partial charge on any atom is 0.165 e. The lowest BCUT2D eigenvalue weighted by atomic mass is 10.1. The van der Waals surface area contributed by atoms with Gasteiger partial charge in [-0.2, -0.15) is 0 Å². The van der Waals surface area contributed by atoms with E-state index in [4.69, 9.17) is 4.74 Å². The minimum absolute atomic E-state index is 0.0483. The van der Waals surface area contributed by atoms with E-state index in [1.807, 2.05) is 7.05 Å². The molecule has 1 saturated heterocycles. The van der Waals surface area contributed by atoms with Crippen LogP contribution in [-0.2, 0) is 6.42 Å². The average Bonchev–Trinajstić information content (AvgIpc) is 2.27. The average molecular weight is 256 g/mol. The highest BCUT2D eigenvalue weighted by atomic mass is 19.1. The van der Waals surface area contributed by atoms with E-state index in [9.17, 15) is 8.78 Å². The second kappa shape index (κ2) is 5.63. The fourth-order valence-corrected chi connectivity index (χ4v) is 1.98. The van der Waals surface area contributed by atoms with Gasteiger partial charge in [-0.05, 0) is 25.1 Å². The standard InChI is InChI=1S/C13H18F2N2O/c1-17(10-7-16-8-10)4-3-9-5-12(15)13(18-2)6-11(9)14/h5-6,10,16H,3-4,7-8H2,1-2H3. The second-order valence-corrected chi connectivity index (χ2v) is 4.62. The number of halogens is 2. The Balaban J connectivity index is 1.98. The number of ether oxygens (including phenoxy) is 1. The summed E-state index contributed by atoms with van der Waals surface area (Å²) in [5.41, 5.74) is 0.396. The van der Waals surface area contributed by atoms with Gasteiger partial charge in [0.05, 0.1) is 7.11 Å². The van der Waals surface area contributed by atoms with Crippen molar-refractivity contribution in [3.8, 4) is 5.75 Å². The fraction of sp³-hybridized carbons (Fsp3) is 0.538. The Bertz CT molecular complexity index is 422. The molecule has 1 aromatic rings. The monoisotopic (exact) mass is 256 g/mol. The molecule has 0 atom stereocenters. The minimum Gasteiger partial charge on any atom is -0.494 e. The van der Waals surface area contributed by atoms with Crippen LogP contribution in [-0.4, -0.2) is 44.7 Å². The molecule has 100 valence electrons. The Labute approximate surface area is 106 Å². The normalized spacial score (nSPS) is 15.8. The highest BCUT2D eigenvalue weighted by Gasteiger charge is 2.21. The van der Waals surface area contributed by atoms with Crippen LogP contribution in [0.1, 0.15) is 5.56 Å². The number of hydrogen-bond donors (Lipinski definition) is 1. The summed E-state index contributed by atoms with van der Waals surface area (Å²) in [5, 5.41) is 3.18. The van der Waals surface area contributed by atoms with E-state index < -0.39 is 11.6 Å². The van der Waals surface area contributed by atoms with Gasteiger partial charge in [-0.3, -0.25) is 0 Å². The third-order valence-electron chi connectivity index (χ3n) is 3.44. The maximum atomic E-state index is 13.7. The summed E-state index contributed by atoms with van der Waals surface area (Å²) in [5.74, 6) is -0.969. The molecule has 0 spiro atoms. The van der Waals surface area contributed by atoms with Crippen LogP contribution in [0.25, 0.3) is 0 Å². The van der Waals surface area contributed by atoms with Crippen molar-refractivity contribution in [2.75, 3.05) is 33.8 Å². The fourth-order valence-electron chi connectivity index (χ4n) is 1.98. The number of benzene rings is 1. The van der Waals surface area contributed by atoms with E-state index in [2.05, 4.69) is 10.2 Å². The van der Waals surface area contributed by atoms with Gasteiger partial charge in [0.25, 0.3) is 0 Å². The Morgan fingerprint density at radius 2 is 2.06 bits per heavy atom. The van der Waals surface area contributed by atoms with Crippen LogP contribution >= 0.6 is 0 Å². The van der Waals surface area contributed by atoms with Gasteiger partial charge in [-0.1, -0.05) is 0 Å². The second-order valence-electron chi connectivity index (χ2n) is 4.62. The Hall–Kier alpha value is -1.20. The molecular formula is C13H18F2N2O. The molecule has 3 nitrogen and oxygen atoms in total. The summed E-state index contributed by atoms with van der Waals surface area (Å²) >= 11 is 0. The van der Waals surface area contributed by atoms with Crippen LogP contribution in [0.5, 0.6) is 5.75 Å². The molecule has 0 aromatic heterocycles. The summed E-state index contributed by atoms with van der Waals surface area (Å²) < 4.78 is 31.9. The predicted molar refractivity (Wildman–Crippen MR) is 65.9 cm³/mol. The van der Waals surface area contributed by atoms with E-state index in [1.54, 1.807) is 0 Å². The zero-order valence-corrected chi connectivity index (χ0v) is 10.7. The van der Waals surface area contributed by atoms with E-state index >= 15 is 0 Å². The van der Waals surface area contributed by atoms with Crippen molar-refractivity contribution in [3.63, 3.8) is 0 Å². The van der Waals surface area contributed by atoms with Gasteiger partial charge in [0, 0.05) is 31.7 Å². The first-order valence-electron chi connectivity index (χ1n) is 6.04. The van der Waals surface area contributed by atoms with Crippen molar-refractivity contribution in [3.05, 3.63) is 29.3 Å². The molecular weight excluding hydrogens is 238 g/mol. The third kappa shape index (κ3) is 2.79. The van der Waals surface area contributed by atoms with Crippen LogP contribution in [0, 0.1) is 11.6 Å². The van der Waals surface area contributed by atoms with Crippen molar-refractivity contribution in [2.24, 2.45) is 0 Å². The molecule has 1 aliphatic heterocycles. The molecule has 0 aliphatic carbocycles. The molecule has 1 aromatic carbocycles. The summed E-state index contributed by atoms with van der Waals surface area (Å²) in [6.45, 7) is 2.65. The first kappa shape index (κ1) is 13.2. The summed E-state index contributed by atoms with van der Waals surface area (Å²) in [6.07, 6.45) is 0.500. The Morgan fingerprint density at radius 3 is 2.61 bits per heavy atom. The molecule has 1 N–H and O–H groups in total. The number of nitrogens with zero attached hydrogens (tertiary/aromatic N) is 1. The SMILES string of the molecule is COc1cc(F)c(CCN(C)C2CNC2)cc1F. The van der Waals surface area contributed by atoms with Crippen LogP contribution in [0.4, 0.5) is 8.78 Å². The first-order chi connectivity index (χ1) is 8.61. The third-order valence-corrected chi connectivity index (χ3v) is 3.44. The number of nitrogens with one attached hydrogen (secondary N) is 1. The molecule has 0 amide bonds. The number of hydrogen-bond acceptors (Lipinski definition) is 3. The summed E-state index contributed by atoms with van der Waals surface area (Å²) in [4.78, 5) is 2.16. The van der Waals surface area contributed by atoms with Gasteiger partial charge in [-0.15, -0.1) is 0 Å². The predicted octanol–water partition coefficient (Wildman–Crippen LogP) is 1.42. The van der Waals surface area contributed by atoms with E-state index in [-0.39, 0.29) is 5.75 Å². The molecule has 0 saturated carbocycles. The molecule has 18 heavy (non-hydrogen) atoms. The first-order valence-corrected chi connectivity index (χ1v) is 6.04. The van der Waals surface area contributed by atoms with Gasteiger partial charge >= 0.3 is 0 Å². The van der Waals surface area contributed by atoms with E-state index in [0.717, 1.165) is 25.7 Å².